The van der Waals surface area contributed by atoms with Crippen molar-refractivity contribution >= 4 is 23.2 Å². The van der Waals surface area contributed by atoms with Crippen LogP contribution < -0.4 is 29.7 Å². The number of aromatic nitrogens is 2. The van der Waals surface area contributed by atoms with Crippen molar-refractivity contribution in [1.82, 2.24) is 9.97 Å². The molecule has 2 N–H and O–H groups in total. The minimum absolute atomic E-state index is 0.171. The van der Waals surface area contributed by atoms with Crippen molar-refractivity contribution in [3.05, 3.63) is 48.2 Å². The summed E-state index contributed by atoms with van der Waals surface area (Å²) in [6, 6.07) is 12.1. The van der Waals surface area contributed by atoms with Crippen LogP contribution in [0.4, 0.5) is 22.0 Å². The first-order valence-corrected chi connectivity index (χ1v) is 12.8. The summed E-state index contributed by atoms with van der Waals surface area (Å²) in [7, 11) is 0. The molecule has 1 aromatic heterocycles. The molecule has 3 aromatic rings. The van der Waals surface area contributed by atoms with Crippen molar-refractivity contribution in [2.45, 2.75) is 26.4 Å². The second-order valence-electron chi connectivity index (χ2n) is 9.01. The lowest BCUT2D eigenvalue weighted by molar-refractivity contribution is -0.384. The van der Waals surface area contributed by atoms with E-state index >= 15 is 0 Å². The second-order valence-corrected chi connectivity index (χ2v) is 9.01. The minimum atomic E-state index is -0.635. The van der Waals surface area contributed by atoms with Gasteiger partial charge in [0.1, 0.15) is 5.69 Å². The van der Waals surface area contributed by atoms with Crippen LogP contribution >= 0.6 is 0 Å². The summed E-state index contributed by atoms with van der Waals surface area (Å²) in [5.41, 5.74) is 2.51. The van der Waals surface area contributed by atoms with Gasteiger partial charge in [-0.3, -0.25) is 0 Å². The number of morpholine rings is 1. The molecule has 204 valence electrons. The van der Waals surface area contributed by atoms with E-state index in [9.17, 15) is 4.79 Å². The maximum atomic E-state index is 12.6. The van der Waals surface area contributed by atoms with Gasteiger partial charge in [0.2, 0.25) is 13.1 Å². The van der Waals surface area contributed by atoms with Gasteiger partial charge in [0, 0.05) is 36.1 Å². The SMILES string of the molecule is CCOc1c(C2OC(C)O2)nc(-c2ccc(NC(=O)Nc3ccc4c(c3)OCO4)cc2)nc1N1CCOCC1. The maximum absolute atomic E-state index is 12.6. The fourth-order valence-electron chi connectivity index (χ4n) is 4.47. The van der Waals surface area contributed by atoms with Gasteiger partial charge in [-0.05, 0) is 50.2 Å². The molecule has 39 heavy (non-hydrogen) atoms. The van der Waals surface area contributed by atoms with Gasteiger partial charge in [0.15, 0.2) is 35.2 Å². The molecule has 3 aliphatic heterocycles. The number of ether oxygens (including phenoxy) is 6. The van der Waals surface area contributed by atoms with Crippen LogP contribution in [-0.2, 0) is 14.2 Å². The van der Waals surface area contributed by atoms with Gasteiger partial charge in [0.25, 0.3) is 0 Å². The molecule has 0 radical (unpaired) electrons. The highest BCUT2D eigenvalue weighted by molar-refractivity contribution is 6.00. The Morgan fingerprint density at radius 1 is 1.00 bits per heavy atom. The number of hydrogen-bond acceptors (Lipinski definition) is 10. The number of fused-ring (bicyclic) bond motifs is 1. The van der Waals surface area contributed by atoms with E-state index in [1.165, 1.54) is 0 Å². The molecule has 0 atom stereocenters. The molecule has 6 rings (SSSR count). The first-order valence-electron chi connectivity index (χ1n) is 12.8. The summed E-state index contributed by atoms with van der Waals surface area (Å²) in [4.78, 5) is 24.4. The maximum Gasteiger partial charge on any atom is 0.323 e. The van der Waals surface area contributed by atoms with Gasteiger partial charge in [0.05, 0.1) is 19.8 Å². The Labute approximate surface area is 225 Å². The average Bonchev–Trinajstić information content (AvgIpc) is 3.40. The summed E-state index contributed by atoms with van der Waals surface area (Å²) in [6.45, 7) is 6.93. The lowest BCUT2D eigenvalue weighted by Gasteiger charge is -2.35. The number of hydrogen-bond donors (Lipinski definition) is 2. The van der Waals surface area contributed by atoms with E-state index < -0.39 is 6.29 Å². The number of rotatable bonds is 7. The van der Waals surface area contributed by atoms with E-state index in [4.69, 9.17) is 38.4 Å². The van der Waals surface area contributed by atoms with E-state index in [0.717, 1.165) is 5.56 Å². The Kier molecular flexibility index (Phi) is 7.05. The lowest BCUT2D eigenvalue weighted by Crippen LogP contribution is -2.38. The third kappa shape index (κ3) is 5.39. The molecular formula is C27H29N5O7. The van der Waals surface area contributed by atoms with Gasteiger partial charge in [-0.15, -0.1) is 0 Å². The Morgan fingerprint density at radius 2 is 1.72 bits per heavy atom. The molecule has 0 spiro atoms. The van der Waals surface area contributed by atoms with Crippen molar-refractivity contribution < 1.29 is 33.2 Å². The number of nitrogens with one attached hydrogen (secondary N) is 2. The Balaban J connectivity index is 1.23. The zero-order valence-corrected chi connectivity index (χ0v) is 21.6. The van der Waals surface area contributed by atoms with Crippen LogP contribution in [0.2, 0.25) is 0 Å². The molecule has 2 saturated heterocycles. The van der Waals surface area contributed by atoms with Crippen molar-refractivity contribution in [3.8, 4) is 28.6 Å². The van der Waals surface area contributed by atoms with Crippen molar-refractivity contribution in [2.24, 2.45) is 0 Å². The largest absolute Gasteiger partial charge is 0.488 e. The molecule has 3 aliphatic rings. The number of nitrogens with zero attached hydrogens (tertiary/aromatic N) is 3. The van der Waals surface area contributed by atoms with Crippen LogP contribution in [-0.4, -0.2) is 62.0 Å². The summed E-state index contributed by atoms with van der Waals surface area (Å²) in [5.74, 6) is 2.97. The molecule has 0 aliphatic carbocycles. The summed E-state index contributed by atoms with van der Waals surface area (Å²) < 4.78 is 33.8. The topological polar surface area (TPSA) is 126 Å². The molecule has 2 amide bonds. The monoisotopic (exact) mass is 535 g/mol. The van der Waals surface area contributed by atoms with E-state index in [-0.39, 0.29) is 19.1 Å². The highest BCUT2D eigenvalue weighted by Crippen LogP contribution is 2.41. The van der Waals surface area contributed by atoms with Gasteiger partial charge in [-0.2, -0.15) is 0 Å². The molecule has 4 heterocycles. The summed E-state index contributed by atoms with van der Waals surface area (Å²) in [6.07, 6.45) is -0.951. The first-order chi connectivity index (χ1) is 19.1. The highest BCUT2D eigenvalue weighted by atomic mass is 16.9. The van der Waals surface area contributed by atoms with Crippen LogP contribution in [0, 0.1) is 0 Å². The standard InChI is InChI=1S/C27H29N5O7/c1-3-35-23-22(26-38-16(2)39-26)30-24(31-25(23)32-10-12-34-13-11-32)17-4-6-18(7-5-17)28-27(33)29-19-8-9-20-21(14-19)37-15-36-20/h4-9,14,16,26H,3,10-13,15H2,1-2H3,(H2,28,29,33). The number of urea groups is 1. The van der Waals surface area contributed by atoms with Crippen LogP contribution in [0.1, 0.15) is 25.8 Å². The molecule has 0 bridgehead atoms. The van der Waals surface area contributed by atoms with Crippen molar-refractivity contribution in [1.29, 1.82) is 0 Å². The van der Waals surface area contributed by atoms with Gasteiger partial charge >= 0.3 is 6.03 Å². The minimum Gasteiger partial charge on any atom is -0.488 e. The highest BCUT2D eigenvalue weighted by Gasteiger charge is 2.36. The van der Waals surface area contributed by atoms with Crippen molar-refractivity contribution in [3.63, 3.8) is 0 Å². The molecule has 0 unspecified atom stereocenters. The van der Waals surface area contributed by atoms with Crippen molar-refractivity contribution in [2.75, 3.05) is 55.2 Å². The number of amides is 2. The molecule has 2 aromatic carbocycles. The quantitative estimate of drug-likeness (QED) is 0.456. The zero-order chi connectivity index (χ0) is 26.8. The second kappa shape index (κ2) is 10.9. The Morgan fingerprint density at radius 3 is 2.46 bits per heavy atom. The third-order valence-corrected chi connectivity index (χ3v) is 6.36. The van der Waals surface area contributed by atoms with E-state index in [1.807, 2.05) is 26.0 Å². The normalized spacial score (nSPS) is 19.8. The molecule has 2 fully saturated rings. The fourth-order valence-corrected chi connectivity index (χ4v) is 4.47. The molecule has 12 heteroatoms. The van der Waals surface area contributed by atoms with Crippen LogP contribution in [0.15, 0.2) is 42.5 Å². The van der Waals surface area contributed by atoms with E-state index in [0.29, 0.717) is 78.9 Å². The molecule has 0 saturated carbocycles. The number of benzene rings is 2. The molecular weight excluding hydrogens is 506 g/mol. The molecule has 12 nitrogen and oxygen atoms in total. The number of anilines is 3. The summed E-state index contributed by atoms with van der Waals surface area (Å²) in [5, 5.41) is 5.63. The fraction of sp³-hybridized carbons (Fsp3) is 0.370. The Bertz CT molecular complexity index is 1340. The average molecular weight is 536 g/mol. The predicted molar refractivity (Wildman–Crippen MR) is 141 cm³/mol. The van der Waals surface area contributed by atoms with E-state index in [1.54, 1.807) is 30.3 Å². The first kappa shape index (κ1) is 25.2. The zero-order valence-electron chi connectivity index (χ0n) is 21.6. The number of carbonyl (C=O) groups excluding carboxylic acids is 1. The third-order valence-electron chi connectivity index (χ3n) is 6.36. The summed E-state index contributed by atoms with van der Waals surface area (Å²) >= 11 is 0. The van der Waals surface area contributed by atoms with Gasteiger partial charge in [-0.1, -0.05) is 0 Å². The van der Waals surface area contributed by atoms with Crippen LogP contribution in [0.3, 0.4) is 0 Å². The Hall–Kier alpha value is -4.13. The predicted octanol–water partition coefficient (Wildman–Crippen LogP) is 4.14. The number of carbonyl (C=O) groups is 1. The van der Waals surface area contributed by atoms with Crippen LogP contribution in [0.5, 0.6) is 17.2 Å². The van der Waals surface area contributed by atoms with Gasteiger partial charge in [-0.25, -0.2) is 14.8 Å². The lowest BCUT2D eigenvalue weighted by atomic mass is 10.1. The van der Waals surface area contributed by atoms with E-state index in [2.05, 4.69) is 15.5 Å². The van der Waals surface area contributed by atoms with Crippen LogP contribution in [0.25, 0.3) is 11.4 Å². The van der Waals surface area contributed by atoms with Gasteiger partial charge < -0.3 is 44.0 Å². The smallest absolute Gasteiger partial charge is 0.323 e.